The molecule has 1 N–H and O–H groups in total. The summed E-state index contributed by atoms with van der Waals surface area (Å²) in [5, 5.41) is 2.79. The zero-order valence-corrected chi connectivity index (χ0v) is 14.1. The van der Waals surface area contributed by atoms with Crippen molar-refractivity contribution in [3.05, 3.63) is 45.0 Å². The first-order valence-electron chi connectivity index (χ1n) is 8.09. The summed E-state index contributed by atoms with van der Waals surface area (Å²) in [6.07, 6.45) is 0.889. The minimum absolute atomic E-state index is 0.145. The van der Waals surface area contributed by atoms with Crippen LogP contribution in [-0.2, 0) is 23.1 Å². The lowest BCUT2D eigenvalue weighted by molar-refractivity contribution is -0.121. The number of benzene rings is 1. The van der Waals surface area contributed by atoms with Crippen LogP contribution in [0.4, 0.5) is 0 Å². The van der Waals surface area contributed by atoms with E-state index in [0.29, 0.717) is 30.8 Å². The molecular weight excluding hydrogens is 310 g/mol. The molecule has 0 aliphatic carbocycles. The normalized spacial score (nSPS) is 10.9. The first-order valence-corrected chi connectivity index (χ1v) is 8.09. The molecule has 7 nitrogen and oxygen atoms in total. The van der Waals surface area contributed by atoms with Gasteiger partial charge in [0.25, 0.3) is 0 Å². The first-order chi connectivity index (χ1) is 11.6. The van der Waals surface area contributed by atoms with Crippen LogP contribution < -0.4 is 16.4 Å². The van der Waals surface area contributed by atoms with Gasteiger partial charge in [-0.1, -0.05) is 12.1 Å². The van der Waals surface area contributed by atoms with Crippen molar-refractivity contribution in [1.29, 1.82) is 0 Å². The SMILES string of the molecule is CCOCCCNC(=O)CCn1c(=O)c(=O)n(C)c2ccccc21. The predicted octanol–water partition coefficient (Wildman–Crippen LogP) is 0.633. The molecule has 0 spiro atoms. The maximum atomic E-state index is 12.2. The molecule has 0 radical (unpaired) electrons. The Hall–Kier alpha value is -2.41. The van der Waals surface area contributed by atoms with E-state index in [1.165, 1.54) is 9.13 Å². The lowest BCUT2D eigenvalue weighted by Gasteiger charge is -2.12. The molecule has 1 heterocycles. The van der Waals surface area contributed by atoms with Crippen LogP contribution in [0.2, 0.25) is 0 Å². The summed E-state index contributed by atoms with van der Waals surface area (Å²) in [6.45, 7) is 3.89. The lowest BCUT2D eigenvalue weighted by atomic mass is 10.2. The van der Waals surface area contributed by atoms with E-state index in [1.54, 1.807) is 25.2 Å². The Bertz CT molecular complexity index is 823. The Morgan fingerprint density at radius 1 is 1.17 bits per heavy atom. The lowest BCUT2D eigenvalue weighted by Crippen LogP contribution is -2.41. The summed E-state index contributed by atoms with van der Waals surface area (Å²) in [5.41, 5.74) is 0.110. The molecule has 0 aliphatic heterocycles. The predicted molar refractivity (Wildman–Crippen MR) is 92.2 cm³/mol. The van der Waals surface area contributed by atoms with Crippen LogP contribution in [0.1, 0.15) is 19.8 Å². The van der Waals surface area contributed by atoms with Crippen LogP contribution in [0.25, 0.3) is 11.0 Å². The molecule has 1 aromatic carbocycles. The van der Waals surface area contributed by atoms with Gasteiger partial charge in [-0.3, -0.25) is 14.4 Å². The van der Waals surface area contributed by atoms with Gasteiger partial charge in [-0.05, 0) is 25.5 Å². The highest BCUT2D eigenvalue weighted by atomic mass is 16.5. The third-order valence-corrected chi connectivity index (χ3v) is 3.82. The highest BCUT2D eigenvalue weighted by Crippen LogP contribution is 2.09. The van der Waals surface area contributed by atoms with Gasteiger partial charge < -0.3 is 19.2 Å². The number of hydrogen-bond donors (Lipinski definition) is 1. The van der Waals surface area contributed by atoms with Gasteiger partial charge in [0, 0.05) is 39.8 Å². The van der Waals surface area contributed by atoms with Crippen molar-refractivity contribution in [3.8, 4) is 0 Å². The number of nitrogens with zero attached hydrogens (tertiary/aromatic N) is 2. The summed E-state index contributed by atoms with van der Waals surface area (Å²) in [6, 6.07) is 7.16. The number of carbonyl (C=O) groups is 1. The summed E-state index contributed by atoms with van der Waals surface area (Å²) in [7, 11) is 1.57. The Balaban J connectivity index is 2.07. The zero-order valence-electron chi connectivity index (χ0n) is 14.1. The Morgan fingerprint density at radius 3 is 2.58 bits per heavy atom. The molecule has 0 atom stereocenters. The number of hydrogen-bond acceptors (Lipinski definition) is 4. The van der Waals surface area contributed by atoms with Gasteiger partial charge in [0.1, 0.15) is 0 Å². The number of nitrogens with one attached hydrogen (secondary N) is 1. The highest BCUT2D eigenvalue weighted by molar-refractivity contribution is 5.77. The molecule has 0 saturated heterocycles. The summed E-state index contributed by atoms with van der Waals surface area (Å²) < 4.78 is 7.91. The highest BCUT2D eigenvalue weighted by Gasteiger charge is 2.11. The molecule has 0 unspecified atom stereocenters. The molecule has 1 amide bonds. The van der Waals surface area contributed by atoms with Gasteiger partial charge in [-0.2, -0.15) is 0 Å². The quantitative estimate of drug-likeness (QED) is 0.567. The number of rotatable bonds is 8. The van der Waals surface area contributed by atoms with Gasteiger partial charge in [0.15, 0.2) is 0 Å². The van der Waals surface area contributed by atoms with Crippen LogP contribution in [0.5, 0.6) is 0 Å². The van der Waals surface area contributed by atoms with Crippen molar-refractivity contribution in [3.63, 3.8) is 0 Å². The third kappa shape index (κ3) is 4.11. The molecule has 130 valence electrons. The number of fused-ring (bicyclic) bond motifs is 1. The molecule has 24 heavy (non-hydrogen) atoms. The van der Waals surface area contributed by atoms with Crippen molar-refractivity contribution in [2.24, 2.45) is 7.05 Å². The van der Waals surface area contributed by atoms with E-state index in [1.807, 2.05) is 13.0 Å². The molecule has 0 aliphatic rings. The van der Waals surface area contributed by atoms with E-state index < -0.39 is 11.1 Å². The summed E-state index contributed by atoms with van der Waals surface area (Å²) in [5.74, 6) is -0.150. The van der Waals surface area contributed by atoms with E-state index >= 15 is 0 Å². The maximum absolute atomic E-state index is 12.2. The summed E-state index contributed by atoms with van der Waals surface area (Å²) in [4.78, 5) is 36.2. The average molecular weight is 333 g/mol. The number of amides is 1. The number of aryl methyl sites for hydroxylation is 2. The van der Waals surface area contributed by atoms with Crippen molar-refractivity contribution < 1.29 is 9.53 Å². The largest absolute Gasteiger partial charge is 0.382 e. The maximum Gasteiger partial charge on any atom is 0.316 e. The van der Waals surface area contributed by atoms with E-state index in [4.69, 9.17) is 4.74 Å². The topological polar surface area (TPSA) is 82.3 Å². The minimum Gasteiger partial charge on any atom is -0.382 e. The summed E-state index contributed by atoms with van der Waals surface area (Å²) >= 11 is 0. The third-order valence-electron chi connectivity index (χ3n) is 3.82. The molecule has 0 saturated carbocycles. The van der Waals surface area contributed by atoms with Crippen molar-refractivity contribution in [1.82, 2.24) is 14.5 Å². The van der Waals surface area contributed by atoms with E-state index in [9.17, 15) is 14.4 Å². The fourth-order valence-electron chi connectivity index (χ4n) is 2.52. The number of para-hydroxylation sites is 2. The van der Waals surface area contributed by atoms with Gasteiger partial charge in [-0.15, -0.1) is 0 Å². The molecule has 1 aromatic heterocycles. The Labute approximate surface area is 139 Å². The molecule has 0 fully saturated rings. The monoisotopic (exact) mass is 333 g/mol. The van der Waals surface area contributed by atoms with Crippen LogP contribution in [-0.4, -0.2) is 34.8 Å². The number of ether oxygens (including phenoxy) is 1. The zero-order chi connectivity index (χ0) is 17.5. The van der Waals surface area contributed by atoms with E-state index in [-0.39, 0.29) is 18.9 Å². The number of aromatic nitrogens is 2. The Morgan fingerprint density at radius 2 is 1.88 bits per heavy atom. The molecule has 2 aromatic rings. The second-order valence-corrected chi connectivity index (χ2v) is 5.46. The standard InChI is InChI=1S/C17H23N3O4/c1-3-24-12-6-10-18-15(21)9-11-20-14-8-5-4-7-13(14)19(2)16(22)17(20)23/h4-5,7-8H,3,6,9-12H2,1-2H3,(H,18,21). The van der Waals surface area contributed by atoms with E-state index in [2.05, 4.69) is 5.32 Å². The van der Waals surface area contributed by atoms with E-state index in [0.717, 1.165) is 6.42 Å². The van der Waals surface area contributed by atoms with Crippen LogP contribution in [0.15, 0.2) is 33.9 Å². The number of carbonyl (C=O) groups excluding carboxylic acids is 1. The molecular formula is C17H23N3O4. The van der Waals surface area contributed by atoms with Gasteiger partial charge >= 0.3 is 11.1 Å². The molecule has 2 rings (SSSR count). The molecule has 7 heteroatoms. The van der Waals surface area contributed by atoms with Crippen LogP contribution in [0.3, 0.4) is 0 Å². The average Bonchev–Trinajstić information content (AvgIpc) is 2.59. The molecule has 0 bridgehead atoms. The van der Waals surface area contributed by atoms with Gasteiger partial charge in [0.2, 0.25) is 5.91 Å². The fourth-order valence-corrected chi connectivity index (χ4v) is 2.52. The van der Waals surface area contributed by atoms with Gasteiger partial charge in [0.05, 0.1) is 11.0 Å². The second kappa shape index (κ2) is 8.44. The second-order valence-electron chi connectivity index (χ2n) is 5.46. The van der Waals surface area contributed by atoms with Crippen molar-refractivity contribution in [2.75, 3.05) is 19.8 Å². The van der Waals surface area contributed by atoms with Crippen molar-refractivity contribution in [2.45, 2.75) is 26.3 Å². The van der Waals surface area contributed by atoms with Crippen molar-refractivity contribution >= 4 is 16.9 Å². The first kappa shape index (κ1) is 17.9. The smallest absolute Gasteiger partial charge is 0.316 e. The fraction of sp³-hybridized carbons (Fsp3) is 0.471. The van der Waals surface area contributed by atoms with Gasteiger partial charge in [-0.25, -0.2) is 0 Å². The Kier molecular flexibility index (Phi) is 6.31. The van der Waals surface area contributed by atoms with Crippen LogP contribution >= 0.6 is 0 Å². The minimum atomic E-state index is -0.611. The van der Waals surface area contributed by atoms with Crippen LogP contribution in [0, 0.1) is 0 Å².